The topological polar surface area (TPSA) is 163 Å². The maximum atomic E-state index is 12.8. The third kappa shape index (κ3) is 4.15. The number of primary sulfonamides is 1. The van der Waals surface area contributed by atoms with Gasteiger partial charge in [-0.2, -0.15) is 5.10 Å². The van der Waals surface area contributed by atoms with Gasteiger partial charge in [-0.1, -0.05) is 23.7 Å². The van der Waals surface area contributed by atoms with Gasteiger partial charge in [-0.3, -0.25) is 9.59 Å². The molecule has 180 valence electrons. The van der Waals surface area contributed by atoms with Crippen LogP contribution in [0.5, 0.6) is 0 Å². The molecular formula is C24H17ClN6O4S. The number of aromatic nitrogens is 3. The van der Waals surface area contributed by atoms with E-state index in [9.17, 15) is 18.0 Å². The third-order valence-electron chi connectivity index (χ3n) is 5.56. The van der Waals surface area contributed by atoms with Crippen LogP contribution in [0.1, 0.15) is 20.8 Å². The average molecular weight is 521 g/mol. The number of pyridine rings is 1. The number of benzene rings is 3. The van der Waals surface area contributed by atoms with Crippen molar-refractivity contribution in [1.82, 2.24) is 14.8 Å². The fourth-order valence-electron chi connectivity index (χ4n) is 3.90. The van der Waals surface area contributed by atoms with E-state index in [2.05, 4.69) is 15.4 Å². The number of amides is 2. The van der Waals surface area contributed by atoms with Gasteiger partial charge in [0.1, 0.15) is 5.15 Å². The highest BCUT2D eigenvalue weighted by molar-refractivity contribution is 7.89. The molecule has 10 nitrogen and oxygen atoms in total. The van der Waals surface area contributed by atoms with Gasteiger partial charge in [0.05, 0.1) is 21.7 Å². The number of nitrogens with zero attached hydrogens (tertiary/aromatic N) is 3. The highest BCUT2D eigenvalue weighted by Gasteiger charge is 2.19. The second-order valence-corrected chi connectivity index (χ2v) is 9.78. The van der Waals surface area contributed by atoms with Crippen LogP contribution in [-0.2, 0) is 10.0 Å². The number of hydrogen-bond acceptors (Lipinski definition) is 6. The van der Waals surface area contributed by atoms with Gasteiger partial charge in [0.25, 0.3) is 11.8 Å². The van der Waals surface area contributed by atoms with Crippen LogP contribution in [0.4, 0.5) is 5.69 Å². The minimum Gasteiger partial charge on any atom is -0.364 e. The number of rotatable bonds is 5. The van der Waals surface area contributed by atoms with Crippen LogP contribution in [0.25, 0.3) is 27.4 Å². The molecule has 0 unspecified atom stereocenters. The number of anilines is 1. The first kappa shape index (κ1) is 23.4. The van der Waals surface area contributed by atoms with Crippen molar-refractivity contribution >= 4 is 60.8 Å². The van der Waals surface area contributed by atoms with Crippen molar-refractivity contribution in [2.45, 2.75) is 4.90 Å². The predicted molar refractivity (Wildman–Crippen MR) is 136 cm³/mol. The van der Waals surface area contributed by atoms with Gasteiger partial charge < -0.3 is 11.1 Å². The van der Waals surface area contributed by atoms with Crippen LogP contribution in [0, 0.1) is 0 Å². The SMILES string of the molecule is NC(=O)c1nn(-c2ccc(S(N)(=O)=O)cc2)c2c1ccc1ccc(NC(=O)c3cccnc3Cl)cc12. The second kappa shape index (κ2) is 8.72. The van der Waals surface area contributed by atoms with Crippen molar-refractivity contribution in [2.75, 3.05) is 5.32 Å². The predicted octanol–water partition coefficient (Wildman–Crippen LogP) is 3.23. The summed E-state index contributed by atoms with van der Waals surface area (Å²) >= 11 is 6.05. The van der Waals surface area contributed by atoms with E-state index in [-0.39, 0.29) is 21.3 Å². The van der Waals surface area contributed by atoms with Crippen molar-refractivity contribution < 1.29 is 18.0 Å². The molecule has 0 aliphatic rings. The summed E-state index contributed by atoms with van der Waals surface area (Å²) in [5.41, 5.74) is 7.33. The monoisotopic (exact) mass is 520 g/mol. The number of fused-ring (bicyclic) bond motifs is 3. The Hall–Kier alpha value is -4.32. The van der Waals surface area contributed by atoms with E-state index in [1.807, 2.05) is 6.07 Å². The summed E-state index contributed by atoms with van der Waals surface area (Å²) in [4.78, 5) is 28.8. The molecule has 5 rings (SSSR count). The zero-order valence-electron chi connectivity index (χ0n) is 18.3. The van der Waals surface area contributed by atoms with Crippen LogP contribution in [0.2, 0.25) is 5.15 Å². The normalized spacial score (nSPS) is 11.6. The van der Waals surface area contributed by atoms with Gasteiger partial charge in [-0.15, -0.1) is 0 Å². The minimum atomic E-state index is -3.89. The summed E-state index contributed by atoms with van der Waals surface area (Å²) < 4.78 is 24.8. The zero-order chi connectivity index (χ0) is 25.6. The smallest absolute Gasteiger partial charge is 0.269 e. The van der Waals surface area contributed by atoms with Crippen LogP contribution < -0.4 is 16.2 Å². The molecule has 36 heavy (non-hydrogen) atoms. The molecule has 0 aliphatic heterocycles. The first-order valence-corrected chi connectivity index (χ1v) is 12.4. The number of carbonyl (C=O) groups excluding carboxylic acids is 2. The van der Waals surface area contributed by atoms with Gasteiger partial charge in [0, 0.05) is 22.7 Å². The van der Waals surface area contributed by atoms with Crippen LogP contribution in [0.15, 0.2) is 77.8 Å². The maximum absolute atomic E-state index is 12.8. The number of hydrogen-bond donors (Lipinski definition) is 3. The van der Waals surface area contributed by atoms with E-state index in [1.54, 1.807) is 36.4 Å². The Labute approximate surface area is 209 Å². The first-order chi connectivity index (χ1) is 17.1. The Morgan fingerprint density at radius 2 is 1.69 bits per heavy atom. The number of sulfonamides is 1. The van der Waals surface area contributed by atoms with Crippen molar-refractivity contribution in [2.24, 2.45) is 10.9 Å². The number of primary amides is 1. The van der Waals surface area contributed by atoms with E-state index in [0.29, 0.717) is 27.7 Å². The van der Waals surface area contributed by atoms with Gasteiger partial charge in [-0.25, -0.2) is 23.2 Å². The molecule has 12 heteroatoms. The molecule has 0 saturated heterocycles. The molecule has 0 saturated carbocycles. The quantitative estimate of drug-likeness (QED) is 0.301. The summed E-state index contributed by atoms with van der Waals surface area (Å²) in [6, 6.07) is 17.7. The van der Waals surface area contributed by atoms with Crippen molar-refractivity contribution in [3.63, 3.8) is 0 Å². The Morgan fingerprint density at radius 1 is 0.972 bits per heavy atom. The Kier molecular flexibility index (Phi) is 5.67. The third-order valence-corrected chi connectivity index (χ3v) is 6.80. The lowest BCUT2D eigenvalue weighted by Gasteiger charge is -2.10. The number of carbonyl (C=O) groups is 2. The Morgan fingerprint density at radius 3 is 2.36 bits per heavy atom. The lowest BCUT2D eigenvalue weighted by Crippen LogP contribution is -2.13. The molecule has 0 bridgehead atoms. The van der Waals surface area contributed by atoms with Gasteiger partial charge in [-0.05, 0) is 60.0 Å². The lowest BCUT2D eigenvalue weighted by molar-refractivity contribution is 0.0994. The average Bonchev–Trinajstić information content (AvgIpc) is 3.24. The zero-order valence-corrected chi connectivity index (χ0v) is 19.9. The van der Waals surface area contributed by atoms with Crippen molar-refractivity contribution in [1.29, 1.82) is 0 Å². The molecular weight excluding hydrogens is 504 g/mol. The molecule has 2 amide bonds. The van der Waals surface area contributed by atoms with E-state index >= 15 is 0 Å². The molecule has 0 radical (unpaired) electrons. The molecule has 2 heterocycles. The molecule has 0 atom stereocenters. The number of halogens is 1. The molecule has 2 aromatic heterocycles. The van der Waals surface area contributed by atoms with Crippen LogP contribution >= 0.6 is 11.6 Å². The summed E-state index contributed by atoms with van der Waals surface area (Å²) in [6.45, 7) is 0. The summed E-state index contributed by atoms with van der Waals surface area (Å²) in [6.07, 6.45) is 1.48. The largest absolute Gasteiger partial charge is 0.364 e. The van der Waals surface area contributed by atoms with Gasteiger partial charge in [0.15, 0.2) is 5.69 Å². The Balaban J connectivity index is 1.68. The summed E-state index contributed by atoms with van der Waals surface area (Å²) in [7, 11) is -3.89. The molecule has 0 aliphatic carbocycles. The van der Waals surface area contributed by atoms with Crippen LogP contribution in [0.3, 0.4) is 0 Å². The van der Waals surface area contributed by atoms with Crippen molar-refractivity contribution in [3.05, 3.63) is 89.3 Å². The fraction of sp³-hybridized carbons (Fsp3) is 0. The molecule has 0 fully saturated rings. The summed E-state index contributed by atoms with van der Waals surface area (Å²) in [5, 5.41) is 14.4. The summed E-state index contributed by atoms with van der Waals surface area (Å²) in [5.74, 6) is -1.17. The fourth-order valence-corrected chi connectivity index (χ4v) is 4.63. The first-order valence-electron chi connectivity index (χ1n) is 10.4. The highest BCUT2D eigenvalue weighted by Crippen LogP contribution is 2.32. The Bertz CT molecular complexity index is 1800. The second-order valence-electron chi connectivity index (χ2n) is 7.86. The molecule has 5 N–H and O–H groups in total. The standard InChI is InChI=1S/C24H17ClN6O4S/c25-22-18(2-1-11-28-22)24(33)29-14-5-3-13-4-10-17-20(23(26)32)30-31(21(17)19(13)12-14)15-6-8-16(9-7-15)36(27,34)35/h1-12H,(H2,26,32)(H,29,33)(H2,27,34,35). The lowest BCUT2D eigenvalue weighted by atomic mass is 10.0. The van der Waals surface area contributed by atoms with E-state index in [4.69, 9.17) is 22.5 Å². The molecule has 5 aromatic rings. The van der Waals surface area contributed by atoms with Crippen LogP contribution in [-0.4, -0.2) is 35.0 Å². The molecule has 3 aromatic carbocycles. The minimum absolute atomic E-state index is 0.0407. The van der Waals surface area contributed by atoms with E-state index < -0.39 is 21.8 Å². The number of nitrogens with one attached hydrogen (secondary N) is 1. The molecule has 0 spiro atoms. The highest BCUT2D eigenvalue weighted by atomic mass is 35.5. The van der Waals surface area contributed by atoms with Gasteiger partial charge in [0.2, 0.25) is 10.0 Å². The van der Waals surface area contributed by atoms with E-state index in [1.165, 1.54) is 35.1 Å². The maximum Gasteiger partial charge on any atom is 0.269 e. The number of nitrogens with two attached hydrogens (primary N) is 2. The van der Waals surface area contributed by atoms with Gasteiger partial charge >= 0.3 is 0 Å². The van der Waals surface area contributed by atoms with Crippen molar-refractivity contribution in [3.8, 4) is 5.69 Å². The van der Waals surface area contributed by atoms with E-state index in [0.717, 1.165) is 5.39 Å².